The van der Waals surface area contributed by atoms with Gasteiger partial charge in [0.2, 0.25) is 0 Å². The van der Waals surface area contributed by atoms with Crippen molar-refractivity contribution >= 4 is 22.4 Å². The number of aromatic amines is 1. The predicted molar refractivity (Wildman–Crippen MR) is 136 cm³/mol. The minimum Gasteiger partial charge on any atom is -0.371 e. The number of carbonyl (C=O) groups excluding carboxylic acids is 1. The Morgan fingerprint density at radius 2 is 1.79 bits per heavy atom. The lowest BCUT2D eigenvalue weighted by atomic mass is 9.96. The van der Waals surface area contributed by atoms with Gasteiger partial charge in [-0.25, -0.2) is 0 Å². The fraction of sp³-hybridized carbons (Fsp3) is 0.241. The Bertz CT molecular complexity index is 1310. The number of anilines is 1. The number of H-pyrrole nitrogens is 1. The monoisotopic (exact) mass is 448 g/mol. The Labute approximate surface area is 200 Å². The molecule has 0 radical (unpaired) electrons. The molecule has 0 spiro atoms. The Morgan fingerprint density at radius 1 is 1.03 bits per heavy atom. The maximum Gasteiger partial charge on any atom is 0.186 e. The molecule has 1 aliphatic rings. The summed E-state index contributed by atoms with van der Waals surface area (Å²) in [6.45, 7) is 2.84. The molecule has 0 saturated carbocycles. The van der Waals surface area contributed by atoms with E-state index in [1.807, 2.05) is 60.8 Å². The summed E-state index contributed by atoms with van der Waals surface area (Å²) in [5, 5.41) is 13.4. The highest BCUT2D eigenvalue weighted by molar-refractivity contribution is 6.11. The van der Waals surface area contributed by atoms with E-state index < -0.39 is 6.04 Å². The van der Waals surface area contributed by atoms with Gasteiger partial charge in [0, 0.05) is 48.0 Å². The van der Waals surface area contributed by atoms with Crippen LogP contribution in [-0.2, 0) is 6.42 Å². The van der Waals surface area contributed by atoms with Crippen LogP contribution in [0.15, 0.2) is 79.0 Å². The van der Waals surface area contributed by atoms with E-state index in [0.29, 0.717) is 17.7 Å². The number of nitrogens with one attached hydrogen (secondary N) is 2. The lowest BCUT2D eigenvalue weighted by Gasteiger charge is -2.19. The van der Waals surface area contributed by atoms with Crippen molar-refractivity contribution in [2.75, 3.05) is 24.5 Å². The highest BCUT2D eigenvalue weighted by Crippen LogP contribution is 2.29. The summed E-state index contributed by atoms with van der Waals surface area (Å²) in [6, 6.07) is 25.6. The van der Waals surface area contributed by atoms with Crippen molar-refractivity contribution < 1.29 is 4.79 Å². The van der Waals surface area contributed by atoms with Crippen LogP contribution in [0, 0.1) is 11.3 Å². The first kappa shape index (κ1) is 21.9. The molecule has 1 saturated heterocycles. The fourth-order valence-electron chi connectivity index (χ4n) is 4.76. The molecule has 1 fully saturated rings. The molecule has 0 aliphatic carbocycles. The first-order valence-corrected chi connectivity index (χ1v) is 11.9. The standard InChI is InChI=1S/C29H28N4O/c30-19-22-10-8-21(9-11-22)14-15-31-28(23-6-2-1-3-7-23)29(34)26-20-32-27-18-24(12-13-25(26)27)33-16-4-5-17-33/h1-3,6-13,18,20,28,31-32H,4-5,14-17H2/t28-/m0/s1. The van der Waals surface area contributed by atoms with E-state index in [1.54, 1.807) is 0 Å². The minimum absolute atomic E-state index is 0.0613. The van der Waals surface area contributed by atoms with Crippen LogP contribution in [0.2, 0.25) is 0 Å². The van der Waals surface area contributed by atoms with E-state index in [4.69, 9.17) is 5.26 Å². The summed E-state index contributed by atoms with van der Waals surface area (Å²) >= 11 is 0. The Hall–Kier alpha value is -3.88. The normalized spacial score (nSPS) is 14.3. The number of Topliss-reactive ketones (excluding diaryl/α,β-unsaturated/α-hetero) is 1. The number of nitriles is 1. The molecule has 1 aromatic heterocycles. The maximum absolute atomic E-state index is 13.8. The topological polar surface area (TPSA) is 71.9 Å². The lowest BCUT2D eigenvalue weighted by Crippen LogP contribution is -2.30. The number of nitrogens with zero attached hydrogens (tertiary/aromatic N) is 2. The van der Waals surface area contributed by atoms with Gasteiger partial charge in [-0.05, 0) is 54.7 Å². The number of aromatic nitrogens is 1. The smallest absolute Gasteiger partial charge is 0.186 e. The van der Waals surface area contributed by atoms with E-state index in [1.165, 1.54) is 18.5 Å². The largest absolute Gasteiger partial charge is 0.371 e. The molecule has 5 rings (SSSR count). The van der Waals surface area contributed by atoms with E-state index in [2.05, 4.69) is 39.5 Å². The molecule has 2 N–H and O–H groups in total. The van der Waals surface area contributed by atoms with Gasteiger partial charge in [0.1, 0.15) is 0 Å². The summed E-state index contributed by atoms with van der Waals surface area (Å²) < 4.78 is 0. The molecule has 1 aliphatic heterocycles. The second kappa shape index (κ2) is 9.94. The second-order valence-corrected chi connectivity index (χ2v) is 8.85. The number of benzene rings is 3. The van der Waals surface area contributed by atoms with E-state index >= 15 is 0 Å². The van der Waals surface area contributed by atoms with E-state index in [0.717, 1.165) is 41.5 Å². The van der Waals surface area contributed by atoms with Crippen LogP contribution in [0.4, 0.5) is 5.69 Å². The quantitative estimate of drug-likeness (QED) is 0.354. The third kappa shape index (κ3) is 4.59. The summed E-state index contributed by atoms with van der Waals surface area (Å²) in [6.07, 6.45) is 5.09. The number of ketones is 1. The third-order valence-corrected chi connectivity index (χ3v) is 6.64. The average Bonchev–Trinajstić information content (AvgIpc) is 3.57. The molecule has 5 heteroatoms. The first-order chi connectivity index (χ1) is 16.7. The third-order valence-electron chi connectivity index (χ3n) is 6.64. The van der Waals surface area contributed by atoms with Gasteiger partial charge in [0.05, 0.1) is 17.7 Å². The van der Waals surface area contributed by atoms with Crippen LogP contribution >= 0.6 is 0 Å². The number of carbonyl (C=O) groups is 1. The lowest BCUT2D eigenvalue weighted by molar-refractivity contribution is 0.0945. The van der Waals surface area contributed by atoms with E-state index in [9.17, 15) is 4.79 Å². The molecule has 1 atom stereocenters. The van der Waals surface area contributed by atoms with Crippen molar-refractivity contribution in [1.29, 1.82) is 5.26 Å². The Balaban J connectivity index is 1.37. The van der Waals surface area contributed by atoms with Crippen LogP contribution in [0.5, 0.6) is 0 Å². The van der Waals surface area contributed by atoms with Gasteiger partial charge in [0.25, 0.3) is 0 Å². The van der Waals surface area contributed by atoms with Crippen LogP contribution in [0.3, 0.4) is 0 Å². The zero-order chi connectivity index (χ0) is 23.3. The molecule has 0 unspecified atom stereocenters. The highest BCUT2D eigenvalue weighted by Gasteiger charge is 2.24. The maximum atomic E-state index is 13.8. The van der Waals surface area contributed by atoms with Crippen LogP contribution in [0.1, 0.15) is 45.9 Å². The van der Waals surface area contributed by atoms with Crippen molar-refractivity contribution in [3.8, 4) is 6.07 Å². The summed E-state index contributed by atoms with van der Waals surface area (Å²) in [4.78, 5) is 19.5. The molecule has 5 nitrogen and oxygen atoms in total. The Kier molecular flexibility index (Phi) is 6.42. The fourth-order valence-corrected chi connectivity index (χ4v) is 4.76. The number of rotatable bonds is 8. The zero-order valence-electron chi connectivity index (χ0n) is 19.1. The number of hydrogen-bond acceptors (Lipinski definition) is 4. The van der Waals surface area contributed by atoms with Gasteiger partial charge in [-0.15, -0.1) is 0 Å². The van der Waals surface area contributed by atoms with Gasteiger partial charge in [-0.2, -0.15) is 5.26 Å². The Morgan fingerprint density at radius 3 is 2.53 bits per heavy atom. The van der Waals surface area contributed by atoms with Crippen molar-refractivity contribution in [2.24, 2.45) is 0 Å². The van der Waals surface area contributed by atoms with Gasteiger partial charge in [-0.3, -0.25) is 4.79 Å². The van der Waals surface area contributed by atoms with Crippen molar-refractivity contribution in [3.05, 3.63) is 101 Å². The number of fused-ring (bicyclic) bond motifs is 1. The SMILES string of the molecule is N#Cc1ccc(CCN[C@H](C(=O)c2c[nH]c3cc(N4CCCC4)ccc23)c2ccccc2)cc1. The molecular weight excluding hydrogens is 420 g/mol. The average molecular weight is 449 g/mol. The summed E-state index contributed by atoms with van der Waals surface area (Å²) in [5.74, 6) is 0.0613. The molecule has 2 heterocycles. The van der Waals surface area contributed by atoms with Crippen molar-refractivity contribution in [2.45, 2.75) is 25.3 Å². The molecule has 0 amide bonds. The zero-order valence-corrected chi connectivity index (χ0v) is 19.1. The molecule has 3 aromatic carbocycles. The van der Waals surface area contributed by atoms with Crippen molar-refractivity contribution in [3.63, 3.8) is 0 Å². The molecule has 0 bridgehead atoms. The van der Waals surface area contributed by atoms with E-state index in [-0.39, 0.29) is 5.78 Å². The van der Waals surface area contributed by atoms with Gasteiger partial charge in [0.15, 0.2) is 5.78 Å². The van der Waals surface area contributed by atoms with Crippen LogP contribution < -0.4 is 10.2 Å². The molecule has 170 valence electrons. The van der Waals surface area contributed by atoms with Crippen LogP contribution in [-0.4, -0.2) is 30.4 Å². The van der Waals surface area contributed by atoms with Gasteiger partial charge < -0.3 is 15.2 Å². The van der Waals surface area contributed by atoms with Crippen LogP contribution in [0.25, 0.3) is 10.9 Å². The highest BCUT2D eigenvalue weighted by atomic mass is 16.1. The first-order valence-electron chi connectivity index (χ1n) is 11.9. The number of hydrogen-bond donors (Lipinski definition) is 2. The molecule has 4 aromatic rings. The minimum atomic E-state index is -0.433. The molecular formula is C29H28N4O. The predicted octanol–water partition coefficient (Wildman–Crippen LogP) is 5.40. The summed E-state index contributed by atoms with van der Waals surface area (Å²) in [7, 11) is 0. The second-order valence-electron chi connectivity index (χ2n) is 8.85. The molecule has 34 heavy (non-hydrogen) atoms. The van der Waals surface area contributed by atoms with Gasteiger partial charge in [-0.1, -0.05) is 48.5 Å². The van der Waals surface area contributed by atoms with Crippen molar-refractivity contribution in [1.82, 2.24) is 10.3 Å². The van der Waals surface area contributed by atoms with Gasteiger partial charge >= 0.3 is 0 Å². The summed E-state index contributed by atoms with van der Waals surface area (Å²) in [5.41, 5.74) is 5.66.